The molecule has 0 radical (unpaired) electrons. The lowest BCUT2D eigenvalue weighted by Gasteiger charge is -2.32. The highest BCUT2D eigenvalue weighted by Gasteiger charge is 2.26. The maximum Gasteiger partial charge on any atom is 0.101 e. The normalized spacial score (nSPS) is 13.4. The Hall–Kier alpha value is -2.46. The van der Waals surface area contributed by atoms with Crippen LogP contribution in [0.3, 0.4) is 0 Å². The number of nitrogens with zero attached hydrogens (tertiary/aromatic N) is 1. The molecule has 0 N–H and O–H groups in total. The first kappa shape index (κ1) is 20.3. The third-order valence-electron chi connectivity index (χ3n) is 4.81. The Labute approximate surface area is 168 Å². The van der Waals surface area contributed by atoms with E-state index in [1.165, 1.54) is 16.7 Å². The summed E-state index contributed by atoms with van der Waals surface area (Å²) in [5.41, 5.74) is 3.52. The fourth-order valence-corrected chi connectivity index (χ4v) is 3.21. The maximum absolute atomic E-state index is 6.42. The van der Waals surface area contributed by atoms with E-state index in [1.807, 2.05) is 42.5 Å². The predicted molar refractivity (Wildman–Crippen MR) is 114 cm³/mol. The van der Waals surface area contributed by atoms with Crippen LogP contribution in [0.5, 0.6) is 0 Å². The van der Waals surface area contributed by atoms with Gasteiger partial charge < -0.3 is 14.4 Å². The van der Waals surface area contributed by atoms with Gasteiger partial charge in [0.05, 0.1) is 25.9 Å². The molecule has 0 amide bonds. The molecule has 3 heteroatoms. The quantitative estimate of drug-likeness (QED) is 0.493. The Morgan fingerprint density at radius 2 is 1.18 bits per heavy atom. The van der Waals surface area contributed by atoms with E-state index in [2.05, 4.69) is 67.5 Å². The fraction of sp³-hybridized carbons (Fsp3) is 0.280. The summed E-state index contributed by atoms with van der Waals surface area (Å²) in [5.74, 6) is 0. The molecule has 0 bridgehead atoms. The Bertz CT molecular complexity index is 791. The van der Waals surface area contributed by atoms with E-state index in [-0.39, 0.29) is 12.1 Å². The molecule has 0 spiro atoms. The maximum atomic E-state index is 6.42. The summed E-state index contributed by atoms with van der Waals surface area (Å²) in [6.07, 6.45) is -0.0767. The van der Waals surface area contributed by atoms with Crippen LogP contribution >= 0.6 is 0 Å². The molecule has 146 valence electrons. The SMILES string of the molecule is CN(C)[C@@H](COCc1ccccc1)[C@H](OCc1ccccc1)c1ccccc1. The van der Waals surface area contributed by atoms with Crippen molar-refractivity contribution < 1.29 is 9.47 Å². The topological polar surface area (TPSA) is 21.7 Å². The zero-order valence-electron chi connectivity index (χ0n) is 16.7. The van der Waals surface area contributed by atoms with E-state index in [0.717, 1.165) is 0 Å². The number of hydrogen-bond acceptors (Lipinski definition) is 3. The van der Waals surface area contributed by atoms with Gasteiger partial charge in [-0.1, -0.05) is 91.0 Å². The van der Waals surface area contributed by atoms with Gasteiger partial charge in [-0.15, -0.1) is 0 Å². The van der Waals surface area contributed by atoms with E-state index < -0.39 is 0 Å². The molecule has 0 unspecified atom stereocenters. The number of hydrogen-bond donors (Lipinski definition) is 0. The molecule has 0 aliphatic rings. The minimum Gasteiger partial charge on any atom is -0.375 e. The van der Waals surface area contributed by atoms with Gasteiger partial charge in [0.2, 0.25) is 0 Å². The van der Waals surface area contributed by atoms with Crippen LogP contribution in [0.2, 0.25) is 0 Å². The average Bonchev–Trinajstić information content (AvgIpc) is 2.74. The van der Waals surface area contributed by atoms with Crippen molar-refractivity contribution in [2.45, 2.75) is 25.4 Å². The highest BCUT2D eigenvalue weighted by Crippen LogP contribution is 2.26. The molecule has 3 aromatic carbocycles. The van der Waals surface area contributed by atoms with E-state index in [1.54, 1.807) is 0 Å². The van der Waals surface area contributed by atoms with Crippen molar-refractivity contribution >= 4 is 0 Å². The molecule has 0 aliphatic heterocycles. The summed E-state index contributed by atoms with van der Waals surface area (Å²) in [7, 11) is 4.16. The molecule has 3 nitrogen and oxygen atoms in total. The molecule has 0 fully saturated rings. The second-order valence-corrected chi connectivity index (χ2v) is 7.16. The molecule has 28 heavy (non-hydrogen) atoms. The fourth-order valence-electron chi connectivity index (χ4n) is 3.21. The van der Waals surface area contributed by atoms with Crippen molar-refractivity contribution in [1.29, 1.82) is 0 Å². The van der Waals surface area contributed by atoms with Gasteiger partial charge in [0, 0.05) is 0 Å². The molecule has 0 aromatic heterocycles. The molecule has 0 saturated heterocycles. The number of benzene rings is 3. The Morgan fingerprint density at radius 3 is 1.71 bits per heavy atom. The van der Waals surface area contributed by atoms with Gasteiger partial charge in [-0.3, -0.25) is 0 Å². The number of likely N-dealkylation sites (N-methyl/N-ethyl adjacent to an activating group) is 1. The Morgan fingerprint density at radius 1 is 0.679 bits per heavy atom. The van der Waals surface area contributed by atoms with Gasteiger partial charge in [0.25, 0.3) is 0 Å². The molecule has 0 saturated carbocycles. The standard InChI is InChI=1S/C25H29NO2/c1-26(2)24(20-27-18-21-12-6-3-7-13-21)25(23-16-10-5-11-17-23)28-19-22-14-8-4-9-15-22/h3-17,24-25H,18-20H2,1-2H3/t24-,25+/m0/s1. The van der Waals surface area contributed by atoms with Crippen molar-refractivity contribution in [2.75, 3.05) is 20.7 Å². The van der Waals surface area contributed by atoms with E-state index in [0.29, 0.717) is 19.8 Å². The summed E-state index contributed by atoms with van der Waals surface area (Å²) < 4.78 is 12.5. The lowest BCUT2D eigenvalue weighted by atomic mass is 10.0. The van der Waals surface area contributed by atoms with Crippen LogP contribution in [-0.2, 0) is 22.7 Å². The molecule has 3 rings (SSSR count). The first-order chi connectivity index (χ1) is 13.7. The Balaban J connectivity index is 1.70. The third-order valence-corrected chi connectivity index (χ3v) is 4.81. The highest BCUT2D eigenvalue weighted by molar-refractivity contribution is 5.20. The highest BCUT2D eigenvalue weighted by atomic mass is 16.5. The van der Waals surface area contributed by atoms with Gasteiger partial charge >= 0.3 is 0 Å². The van der Waals surface area contributed by atoms with Gasteiger partial charge in [-0.2, -0.15) is 0 Å². The summed E-state index contributed by atoms with van der Waals surface area (Å²) in [6.45, 7) is 1.77. The summed E-state index contributed by atoms with van der Waals surface area (Å²) in [6, 6.07) is 31.1. The smallest absolute Gasteiger partial charge is 0.101 e. The van der Waals surface area contributed by atoms with Gasteiger partial charge in [-0.05, 0) is 30.8 Å². The predicted octanol–water partition coefficient (Wildman–Crippen LogP) is 5.09. The van der Waals surface area contributed by atoms with E-state index in [9.17, 15) is 0 Å². The van der Waals surface area contributed by atoms with Gasteiger partial charge in [0.15, 0.2) is 0 Å². The van der Waals surface area contributed by atoms with Crippen LogP contribution in [0, 0.1) is 0 Å². The minimum absolute atomic E-state index is 0.0767. The molecule has 0 heterocycles. The van der Waals surface area contributed by atoms with Gasteiger partial charge in [0.1, 0.15) is 6.10 Å². The first-order valence-corrected chi connectivity index (χ1v) is 9.72. The minimum atomic E-state index is -0.0767. The van der Waals surface area contributed by atoms with Gasteiger partial charge in [-0.25, -0.2) is 0 Å². The zero-order chi connectivity index (χ0) is 19.6. The van der Waals surface area contributed by atoms with Crippen molar-refractivity contribution in [3.8, 4) is 0 Å². The van der Waals surface area contributed by atoms with Crippen LogP contribution in [-0.4, -0.2) is 31.6 Å². The van der Waals surface area contributed by atoms with Crippen molar-refractivity contribution in [2.24, 2.45) is 0 Å². The van der Waals surface area contributed by atoms with E-state index in [4.69, 9.17) is 9.47 Å². The monoisotopic (exact) mass is 375 g/mol. The summed E-state index contributed by atoms with van der Waals surface area (Å²) >= 11 is 0. The van der Waals surface area contributed by atoms with Crippen molar-refractivity contribution in [1.82, 2.24) is 4.90 Å². The lowest BCUT2D eigenvalue weighted by molar-refractivity contribution is -0.0477. The largest absolute Gasteiger partial charge is 0.375 e. The van der Waals surface area contributed by atoms with E-state index >= 15 is 0 Å². The molecular formula is C25H29NO2. The van der Waals surface area contributed by atoms with Crippen LogP contribution < -0.4 is 0 Å². The lowest BCUT2D eigenvalue weighted by Crippen LogP contribution is -2.39. The summed E-state index contributed by atoms with van der Waals surface area (Å²) in [4.78, 5) is 2.19. The Kier molecular flexibility index (Phi) is 7.80. The number of rotatable bonds is 10. The third kappa shape index (κ3) is 6.03. The van der Waals surface area contributed by atoms with Crippen molar-refractivity contribution in [3.05, 3.63) is 108 Å². The number of ether oxygens (including phenoxy) is 2. The zero-order valence-corrected chi connectivity index (χ0v) is 16.7. The van der Waals surface area contributed by atoms with Crippen LogP contribution in [0.1, 0.15) is 22.8 Å². The van der Waals surface area contributed by atoms with Crippen LogP contribution in [0.15, 0.2) is 91.0 Å². The molecular weight excluding hydrogens is 346 g/mol. The second kappa shape index (κ2) is 10.8. The average molecular weight is 376 g/mol. The molecule has 3 aromatic rings. The first-order valence-electron chi connectivity index (χ1n) is 9.72. The molecule has 2 atom stereocenters. The van der Waals surface area contributed by atoms with Crippen molar-refractivity contribution in [3.63, 3.8) is 0 Å². The molecule has 0 aliphatic carbocycles. The summed E-state index contributed by atoms with van der Waals surface area (Å²) in [5, 5.41) is 0. The second-order valence-electron chi connectivity index (χ2n) is 7.16. The van der Waals surface area contributed by atoms with Crippen LogP contribution in [0.25, 0.3) is 0 Å². The van der Waals surface area contributed by atoms with Crippen LogP contribution in [0.4, 0.5) is 0 Å².